The summed E-state index contributed by atoms with van der Waals surface area (Å²) in [5.41, 5.74) is 20.0. The third-order valence-electron chi connectivity index (χ3n) is 26.5. The van der Waals surface area contributed by atoms with Crippen LogP contribution in [0.25, 0.3) is 33.4 Å². The number of carbonyl (C=O) groups excluding carboxylic acids is 7. The summed E-state index contributed by atoms with van der Waals surface area (Å²) in [6.07, 6.45) is 13.9. The minimum absolute atomic E-state index is 0.00821. The van der Waals surface area contributed by atoms with Crippen molar-refractivity contribution in [2.75, 3.05) is 151 Å². The fourth-order valence-corrected chi connectivity index (χ4v) is 18.7. The number of carbonyl (C=O) groups is 7. The highest BCUT2D eigenvalue weighted by Gasteiger charge is 2.53. The molecule has 3 saturated heterocycles. The van der Waals surface area contributed by atoms with E-state index in [1.165, 1.54) is 23.9 Å². The van der Waals surface area contributed by atoms with Gasteiger partial charge in [0.2, 0.25) is 17.6 Å². The molecule has 8 N–H and O–H groups in total. The largest absolute Gasteiger partial charge is 0.460 e. The highest BCUT2D eigenvalue weighted by Crippen LogP contribution is 2.41. The normalized spacial score (nSPS) is 28.1. The smallest absolute Gasteiger partial charge is 0.329 e. The molecule has 34 heteroatoms. The molecule has 34 nitrogen and oxygen atoms in total. The van der Waals surface area contributed by atoms with Crippen LogP contribution in [0.2, 0.25) is 0 Å². The van der Waals surface area contributed by atoms with Gasteiger partial charge >= 0.3 is 11.9 Å². The molecule has 2 aromatic carbocycles. The molecular weight excluding hydrogens is 1690 g/mol. The lowest BCUT2D eigenvalue weighted by Crippen LogP contribution is -2.61. The van der Waals surface area contributed by atoms with E-state index in [2.05, 4.69) is 43.4 Å². The minimum atomic E-state index is -2.47. The Morgan fingerprint density at radius 2 is 1.42 bits per heavy atom. The number of anilines is 2. The number of Topliss-reactive ketones (excluding diaryl/α,β-unsaturated/α-hetero) is 2. The molecule has 1 aliphatic carbocycles. The third kappa shape index (κ3) is 29.3. The van der Waals surface area contributed by atoms with Crippen molar-refractivity contribution in [3.63, 3.8) is 0 Å². The number of nitrogens with zero attached hydrogens (tertiary/aromatic N) is 8. The Morgan fingerprint density at radius 3 is 2.12 bits per heavy atom. The van der Waals surface area contributed by atoms with Crippen molar-refractivity contribution in [3.05, 3.63) is 107 Å². The van der Waals surface area contributed by atoms with E-state index in [9.17, 15) is 48.9 Å². The average Bonchev–Trinajstić information content (AvgIpc) is 1.48. The van der Waals surface area contributed by atoms with Crippen LogP contribution >= 0.6 is 0 Å². The van der Waals surface area contributed by atoms with Crippen LogP contribution in [-0.4, -0.2) is 297 Å². The lowest BCUT2D eigenvalue weighted by molar-refractivity contribution is -0.265. The van der Waals surface area contributed by atoms with Gasteiger partial charge in [-0.25, -0.2) is 19.4 Å². The number of ketones is 2. The first-order valence-electron chi connectivity index (χ1n) is 46.9. The number of piperidine rings is 2. The van der Waals surface area contributed by atoms with Gasteiger partial charge in [-0.2, -0.15) is 10.1 Å². The summed E-state index contributed by atoms with van der Waals surface area (Å²) in [6.45, 7) is 20.8. The van der Waals surface area contributed by atoms with Crippen LogP contribution in [0.3, 0.4) is 0 Å². The summed E-state index contributed by atoms with van der Waals surface area (Å²) >= 11 is 0. The van der Waals surface area contributed by atoms with Crippen molar-refractivity contribution in [1.82, 2.24) is 44.7 Å². The molecule has 0 unspecified atom stereocenters. The predicted molar refractivity (Wildman–Crippen MR) is 488 cm³/mol. The zero-order valence-electron chi connectivity index (χ0n) is 78.1. The first-order chi connectivity index (χ1) is 63.1. The van der Waals surface area contributed by atoms with Gasteiger partial charge in [0.05, 0.1) is 129 Å². The van der Waals surface area contributed by atoms with Crippen molar-refractivity contribution < 1.29 is 110 Å². The molecule has 131 heavy (non-hydrogen) atoms. The number of nitrogens with one attached hydrogen (secondary N) is 1. The highest BCUT2D eigenvalue weighted by atomic mass is 16.6. The second-order valence-corrected chi connectivity index (χ2v) is 36.3. The summed E-state index contributed by atoms with van der Waals surface area (Å²) in [5, 5.41) is 44.5. The molecule has 1 saturated carbocycles. The number of esters is 2. The number of nitrogens with two attached hydrogens (primary N) is 2. The van der Waals surface area contributed by atoms with Crippen molar-refractivity contribution in [2.24, 2.45) is 41.4 Å². The third-order valence-corrected chi connectivity index (χ3v) is 26.5. The fraction of sp³-hybridized carbons (Fsp3) is 0.660. The molecule has 5 aromatic rings. The van der Waals surface area contributed by atoms with Crippen LogP contribution in [0, 0.1) is 41.4 Å². The van der Waals surface area contributed by atoms with Crippen molar-refractivity contribution in [1.29, 1.82) is 0 Å². The van der Waals surface area contributed by atoms with Gasteiger partial charge in [0, 0.05) is 90.1 Å². The summed E-state index contributed by atoms with van der Waals surface area (Å²) in [6, 6.07) is 10.7. The summed E-state index contributed by atoms with van der Waals surface area (Å²) in [7, 11) is 4.56. The van der Waals surface area contributed by atoms with Gasteiger partial charge in [-0.1, -0.05) is 89.3 Å². The first kappa shape index (κ1) is 103. The number of cyclic esters (lactones) is 1. The van der Waals surface area contributed by atoms with Gasteiger partial charge in [-0.3, -0.25) is 33.7 Å². The average molecular weight is 1830 g/mol. The molecule has 5 aliphatic heterocycles. The topological polar surface area (TPSA) is 434 Å². The molecule has 8 heterocycles. The zero-order valence-corrected chi connectivity index (χ0v) is 78.1. The Balaban J connectivity index is 0.526. The van der Waals surface area contributed by atoms with Crippen LogP contribution in [0.4, 0.5) is 11.8 Å². The van der Waals surface area contributed by atoms with Gasteiger partial charge in [-0.15, -0.1) is 0 Å². The number of allylic oxidation sites excluding steroid dienone is 5. The number of hydrogen-bond acceptors (Lipinski definition) is 30. The molecule has 3 amide bonds. The number of nitrogen functional groups attached to an aromatic ring is 2. The maximum absolute atomic E-state index is 14.8. The van der Waals surface area contributed by atoms with E-state index in [1.807, 2.05) is 79.8 Å². The maximum atomic E-state index is 14.8. The number of rotatable bonds is 35. The molecule has 2 bridgehead atoms. The Hall–Kier alpha value is -8.85. The maximum Gasteiger partial charge on any atom is 0.329 e. The van der Waals surface area contributed by atoms with Crippen molar-refractivity contribution in [2.45, 2.75) is 231 Å². The van der Waals surface area contributed by atoms with E-state index in [0.717, 1.165) is 41.5 Å². The molecule has 722 valence electrons. The lowest BCUT2D eigenvalue weighted by Gasteiger charge is -2.43. The second kappa shape index (κ2) is 51.0. The molecule has 4 fully saturated rings. The molecule has 0 radical (unpaired) electrons. The summed E-state index contributed by atoms with van der Waals surface area (Å²) < 4.78 is 77.7. The van der Waals surface area contributed by atoms with Crippen molar-refractivity contribution in [3.8, 4) is 11.3 Å². The number of aromatic nitrogens is 5. The number of likely N-dealkylation sites (tertiary alicyclic amines) is 1. The number of amides is 3. The number of oxazole rings is 1. The van der Waals surface area contributed by atoms with Crippen LogP contribution < -0.4 is 16.8 Å². The number of ether oxygens (including phenoxy) is 12. The molecular formula is C97H141N11O23. The van der Waals surface area contributed by atoms with Gasteiger partial charge in [0.25, 0.3) is 17.7 Å². The van der Waals surface area contributed by atoms with Crippen molar-refractivity contribution >= 4 is 75.2 Å². The van der Waals surface area contributed by atoms with E-state index in [4.69, 9.17) is 77.8 Å². The zero-order chi connectivity index (χ0) is 93.7. The number of benzene rings is 2. The Bertz CT molecular complexity index is 4680. The molecule has 6 aliphatic rings. The van der Waals surface area contributed by atoms with Crippen LogP contribution in [-0.2, 0) is 110 Å². The number of hydrogen-bond donors (Lipinski definition) is 6. The van der Waals surface area contributed by atoms with Gasteiger partial charge in [-0.05, 0) is 180 Å². The van der Waals surface area contributed by atoms with E-state index in [1.54, 1.807) is 47.1 Å². The molecule has 3 aromatic heterocycles. The first-order valence-corrected chi connectivity index (χ1v) is 46.9. The SMILES string of the molecule is CO[C@H]1C[C@@H]2CC[C@@H](C)[C@@](O)(O2)C(=O)C(=O)N2CCCC[C@H]2C(=O)O[C@H]([C@H](C)C[C@@H]2CC[C@@H](OC(=O)CC3CCN(CC(=O)NCCOCCOCCOCCOCCOCCOCCC(=O)N4CCc5cc(Cn6nc(-c7ccc8oc(N)nc8c7)c7c(N)ncnc76)ccc5C4)CC3)[C@H](OC)C2)C[C@@H](O)[C@H](C)/C=C(\C)[C@@H](O)[C@@H](OC)C(=O)[C@H](C)C[C@H](C)/C=C/C=C/C=C/1C. The summed E-state index contributed by atoms with van der Waals surface area (Å²) in [4.78, 5) is 116. The second-order valence-electron chi connectivity index (χ2n) is 36.3. The Labute approximate surface area is 768 Å². The number of methoxy groups -OCH3 is 3. The monoisotopic (exact) mass is 1830 g/mol. The molecule has 0 spiro atoms. The Morgan fingerprint density at radius 1 is 0.710 bits per heavy atom. The predicted octanol–water partition coefficient (Wildman–Crippen LogP) is 8.98. The van der Waals surface area contributed by atoms with Crippen LogP contribution in [0.5, 0.6) is 0 Å². The Kier molecular flexibility index (Phi) is 40.0. The number of aliphatic hydroxyl groups is 3. The fourth-order valence-electron chi connectivity index (χ4n) is 18.7. The van der Waals surface area contributed by atoms with E-state index >= 15 is 0 Å². The van der Waals surface area contributed by atoms with E-state index in [0.29, 0.717) is 222 Å². The van der Waals surface area contributed by atoms with E-state index in [-0.39, 0.29) is 92.0 Å². The van der Waals surface area contributed by atoms with Crippen LogP contribution in [0.15, 0.2) is 94.7 Å². The van der Waals surface area contributed by atoms with Gasteiger partial charge in [0.15, 0.2) is 17.0 Å². The summed E-state index contributed by atoms with van der Waals surface area (Å²) in [5.74, 6) is -7.86. The van der Waals surface area contributed by atoms with Crippen LogP contribution in [0.1, 0.15) is 168 Å². The molecule has 16 atom stereocenters. The van der Waals surface area contributed by atoms with E-state index < -0.39 is 96.1 Å². The van der Waals surface area contributed by atoms with Gasteiger partial charge in [0.1, 0.15) is 53.8 Å². The lowest BCUT2D eigenvalue weighted by atomic mass is 9.78. The molecule has 11 rings (SSSR count). The quantitative estimate of drug-likeness (QED) is 0.00953. The number of fused-ring (bicyclic) bond motifs is 6. The number of aliphatic hydroxyl groups excluding tert-OH is 2. The highest BCUT2D eigenvalue weighted by molar-refractivity contribution is 6.39. The minimum Gasteiger partial charge on any atom is -0.460 e. The van der Waals surface area contributed by atoms with Gasteiger partial charge < -0.3 is 103 Å². The standard InChI is InChI=1S/C97H141N11O23/c1-61-16-12-11-13-17-62(2)80(119-8)55-74-24-19-67(7)97(118,131-74)91(115)94(116)107-32-15-14-18-76(107)95(117)129-81(56-77(109)63(3)49-66(6)89(114)90(121-10)88(113)65(5)48-61)64(4)50-69-21-25-79(82(52-69)120-9)128-85(112)53-68-27-33-105(34-28-68)59-83(110)100-31-37-123-39-41-125-43-45-127-47-46-126-44-42-124-40-38-122-36-30-84(111)106-35-29-71-51-70(20-22-73(71)58-106)57-108-93-86(92(98)101-60-102-93)87(104-108)72-23-26-78-75(54-72)103-96(99)130-78/h11-13,16-17,20,22-23,26,49,51,54,60-61,63-65,67-69,74,76-77,79-82,89-90,109,114,118H,14-15,18-19,21,24-25,27-48,50,52-53,55-59H2,1-10H3,(H2,99,103)(H,100,110)(H2,98,101,102)/b13-11+,16-12+,62-17+,66-49+/t61-,63-,64-,65-,67-,69+,74+,76+,77-,79-,80+,81+,82-,89-,90+,97-/m1/s1.